The lowest BCUT2D eigenvalue weighted by atomic mass is 10.0. The van der Waals surface area contributed by atoms with Crippen LogP contribution in [0.25, 0.3) is 0 Å². The van der Waals surface area contributed by atoms with Crippen molar-refractivity contribution in [1.29, 1.82) is 0 Å². The highest BCUT2D eigenvalue weighted by molar-refractivity contribution is 7.15. The first-order chi connectivity index (χ1) is 14.3. The molecule has 0 saturated carbocycles. The van der Waals surface area contributed by atoms with Gasteiger partial charge in [-0.2, -0.15) is 0 Å². The molecule has 0 bridgehead atoms. The summed E-state index contributed by atoms with van der Waals surface area (Å²) in [5, 5.41) is 6.35. The van der Waals surface area contributed by atoms with Crippen molar-refractivity contribution >= 4 is 39.9 Å². The maximum absolute atomic E-state index is 13.8. The molecule has 2 N–H and O–H groups in total. The van der Waals surface area contributed by atoms with Crippen molar-refractivity contribution in [2.45, 2.75) is 25.8 Å². The average Bonchev–Trinajstić information content (AvgIpc) is 3.10. The number of amides is 2. The normalized spacial score (nSPS) is 11.7. The zero-order valence-corrected chi connectivity index (χ0v) is 17.5. The van der Waals surface area contributed by atoms with Gasteiger partial charge in [-0.15, -0.1) is 11.3 Å². The molecule has 1 aromatic heterocycles. The Morgan fingerprint density at radius 1 is 1.17 bits per heavy atom. The van der Waals surface area contributed by atoms with E-state index >= 15 is 0 Å². The van der Waals surface area contributed by atoms with E-state index in [0.29, 0.717) is 20.6 Å². The van der Waals surface area contributed by atoms with Crippen LogP contribution in [0.5, 0.6) is 0 Å². The standard InChI is InChI=1S/C21H18ClF2N3O2S/c1-12(28)26-19(13-2-5-15(22)6-3-13)10-20(29)27-21-25-11-17(30-21)8-14-4-7-16(23)9-18(14)24/h2-7,9,11,19H,8,10H2,1H3,(H,26,28)(H,25,27,29). The van der Waals surface area contributed by atoms with Gasteiger partial charge in [0.25, 0.3) is 0 Å². The minimum absolute atomic E-state index is 0.00269. The topological polar surface area (TPSA) is 71.1 Å². The second-order valence-corrected chi connectivity index (χ2v) is 8.15. The number of hydrogen-bond acceptors (Lipinski definition) is 4. The van der Waals surface area contributed by atoms with E-state index in [4.69, 9.17) is 11.6 Å². The first kappa shape index (κ1) is 21.9. The maximum atomic E-state index is 13.8. The molecule has 0 fully saturated rings. The Hall–Kier alpha value is -2.84. The Bertz CT molecular complexity index is 1060. The molecule has 3 rings (SSSR count). The smallest absolute Gasteiger partial charge is 0.228 e. The van der Waals surface area contributed by atoms with Crippen molar-refractivity contribution in [2.24, 2.45) is 0 Å². The minimum Gasteiger partial charge on any atom is -0.349 e. The molecule has 5 nitrogen and oxygen atoms in total. The number of nitrogens with one attached hydrogen (secondary N) is 2. The number of anilines is 1. The minimum atomic E-state index is -0.636. The monoisotopic (exact) mass is 449 g/mol. The Morgan fingerprint density at radius 2 is 1.90 bits per heavy atom. The molecule has 0 aliphatic rings. The highest BCUT2D eigenvalue weighted by atomic mass is 35.5. The molecule has 0 saturated heterocycles. The van der Waals surface area contributed by atoms with Crippen LogP contribution < -0.4 is 10.6 Å². The summed E-state index contributed by atoms with van der Waals surface area (Å²) < 4.78 is 26.8. The number of carbonyl (C=O) groups is 2. The third kappa shape index (κ3) is 6.08. The largest absolute Gasteiger partial charge is 0.349 e. The molecule has 156 valence electrons. The highest BCUT2D eigenvalue weighted by Crippen LogP contribution is 2.24. The van der Waals surface area contributed by atoms with Gasteiger partial charge >= 0.3 is 0 Å². The first-order valence-electron chi connectivity index (χ1n) is 9.01. The van der Waals surface area contributed by atoms with Crippen LogP contribution in [0.2, 0.25) is 5.02 Å². The van der Waals surface area contributed by atoms with Crippen LogP contribution >= 0.6 is 22.9 Å². The summed E-state index contributed by atoms with van der Waals surface area (Å²) in [6.07, 6.45) is 1.77. The number of carbonyl (C=O) groups excluding carboxylic acids is 2. The Balaban J connectivity index is 1.64. The van der Waals surface area contributed by atoms with Crippen LogP contribution in [0.15, 0.2) is 48.7 Å². The Labute approximate surface area is 181 Å². The van der Waals surface area contributed by atoms with Crippen LogP contribution in [0.3, 0.4) is 0 Å². The average molecular weight is 450 g/mol. The van der Waals surface area contributed by atoms with Crippen molar-refractivity contribution in [3.63, 3.8) is 0 Å². The number of aromatic nitrogens is 1. The Kier molecular flexibility index (Phi) is 7.12. The zero-order valence-electron chi connectivity index (χ0n) is 15.9. The van der Waals surface area contributed by atoms with Crippen LogP contribution in [0.4, 0.5) is 13.9 Å². The predicted molar refractivity (Wildman–Crippen MR) is 113 cm³/mol. The summed E-state index contributed by atoms with van der Waals surface area (Å²) in [5.41, 5.74) is 1.09. The first-order valence-corrected chi connectivity index (χ1v) is 10.2. The fourth-order valence-electron chi connectivity index (χ4n) is 2.85. The molecule has 2 amide bonds. The second-order valence-electron chi connectivity index (χ2n) is 6.60. The van der Waals surface area contributed by atoms with Crippen LogP contribution in [-0.4, -0.2) is 16.8 Å². The van der Waals surface area contributed by atoms with Crippen molar-refractivity contribution in [3.8, 4) is 0 Å². The zero-order chi connectivity index (χ0) is 21.7. The molecule has 9 heteroatoms. The van der Waals surface area contributed by atoms with E-state index in [1.165, 1.54) is 36.6 Å². The lowest BCUT2D eigenvalue weighted by Gasteiger charge is -2.17. The predicted octanol–water partition coefficient (Wildman–Crippen LogP) is 4.87. The third-order valence-corrected chi connectivity index (χ3v) is 5.38. The second kappa shape index (κ2) is 9.77. The van der Waals surface area contributed by atoms with Crippen molar-refractivity contribution in [1.82, 2.24) is 10.3 Å². The summed E-state index contributed by atoms with van der Waals surface area (Å²) in [6.45, 7) is 1.38. The van der Waals surface area contributed by atoms with Gasteiger partial charge in [-0.25, -0.2) is 13.8 Å². The molecule has 1 heterocycles. The molecular formula is C21H18ClF2N3O2S. The third-order valence-electron chi connectivity index (χ3n) is 4.22. The van der Waals surface area contributed by atoms with Crippen molar-refractivity contribution in [3.05, 3.63) is 81.3 Å². The van der Waals surface area contributed by atoms with E-state index in [0.717, 1.165) is 11.6 Å². The summed E-state index contributed by atoms with van der Waals surface area (Å²) in [7, 11) is 0. The number of thiazole rings is 1. The van der Waals surface area contributed by atoms with E-state index < -0.39 is 17.7 Å². The van der Waals surface area contributed by atoms with Gasteiger partial charge in [0.2, 0.25) is 11.8 Å². The van der Waals surface area contributed by atoms with E-state index in [-0.39, 0.29) is 24.7 Å². The van der Waals surface area contributed by atoms with Gasteiger partial charge in [0.05, 0.1) is 12.5 Å². The molecule has 1 unspecified atom stereocenters. The van der Waals surface area contributed by atoms with E-state index in [1.54, 1.807) is 24.3 Å². The van der Waals surface area contributed by atoms with E-state index in [1.807, 2.05) is 0 Å². The summed E-state index contributed by atoms with van der Waals surface area (Å²) in [4.78, 5) is 28.9. The number of hydrogen-bond donors (Lipinski definition) is 2. The van der Waals surface area contributed by atoms with Gasteiger partial charge < -0.3 is 10.6 Å². The van der Waals surface area contributed by atoms with Crippen LogP contribution in [-0.2, 0) is 16.0 Å². The summed E-state index contributed by atoms with van der Waals surface area (Å²) in [6, 6.07) is 9.75. The molecule has 0 spiro atoms. The molecular weight excluding hydrogens is 432 g/mol. The maximum Gasteiger partial charge on any atom is 0.228 e. The number of benzene rings is 2. The van der Waals surface area contributed by atoms with Gasteiger partial charge in [0.1, 0.15) is 11.6 Å². The fourth-order valence-corrected chi connectivity index (χ4v) is 3.83. The van der Waals surface area contributed by atoms with Crippen LogP contribution in [0.1, 0.15) is 35.4 Å². The summed E-state index contributed by atoms with van der Waals surface area (Å²) >= 11 is 7.10. The quantitative estimate of drug-likeness (QED) is 0.540. The van der Waals surface area contributed by atoms with Crippen molar-refractivity contribution in [2.75, 3.05) is 5.32 Å². The van der Waals surface area contributed by atoms with E-state index in [9.17, 15) is 18.4 Å². The molecule has 0 aliphatic heterocycles. The van der Waals surface area contributed by atoms with Gasteiger partial charge in [0.15, 0.2) is 5.13 Å². The number of nitrogens with zero attached hydrogens (tertiary/aromatic N) is 1. The van der Waals surface area contributed by atoms with Gasteiger partial charge in [-0.1, -0.05) is 29.8 Å². The number of halogens is 3. The lowest BCUT2D eigenvalue weighted by Crippen LogP contribution is -2.29. The van der Waals surface area contributed by atoms with Gasteiger partial charge in [0, 0.05) is 35.5 Å². The lowest BCUT2D eigenvalue weighted by molar-refractivity contribution is -0.120. The van der Waals surface area contributed by atoms with Gasteiger partial charge in [-0.3, -0.25) is 9.59 Å². The molecule has 1 atom stereocenters. The SMILES string of the molecule is CC(=O)NC(CC(=O)Nc1ncc(Cc2ccc(F)cc2F)s1)c1ccc(Cl)cc1. The summed E-state index contributed by atoms with van der Waals surface area (Å²) in [5.74, 6) is -1.86. The van der Waals surface area contributed by atoms with Crippen LogP contribution in [0, 0.1) is 11.6 Å². The fraction of sp³-hybridized carbons (Fsp3) is 0.190. The highest BCUT2D eigenvalue weighted by Gasteiger charge is 2.18. The molecule has 2 aromatic carbocycles. The molecule has 0 radical (unpaired) electrons. The molecule has 0 aliphatic carbocycles. The van der Waals surface area contributed by atoms with Gasteiger partial charge in [-0.05, 0) is 29.3 Å². The van der Waals surface area contributed by atoms with Crippen molar-refractivity contribution < 1.29 is 18.4 Å². The Morgan fingerprint density at radius 3 is 2.57 bits per heavy atom. The van der Waals surface area contributed by atoms with E-state index in [2.05, 4.69) is 15.6 Å². The molecule has 3 aromatic rings. The number of rotatable bonds is 7. The molecule has 30 heavy (non-hydrogen) atoms.